The number of carbonyl (C=O) groups is 1. The standard InChI is InChI=1S/C11H15N3O6/c1-19-8-7(17)6(4-16)20-10(8)14-2-5(3-15)9(12)13-11(14)18/h2-3,6-8,10,16-17H,4H2,1H3,(H2,12,13,18)/t6-,7+,8-,10-/m1/s1. The summed E-state index contributed by atoms with van der Waals surface area (Å²) >= 11 is 0. The maximum absolute atomic E-state index is 11.8. The van der Waals surface area contributed by atoms with E-state index < -0.39 is 36.8 Å². The number of aromatic nitrogens is 2. The predicted octanol–water partition coefficient (Wildman–Crippen LogP) is -2.10. The minimum absolute atomic E-state index is 0.0185. The van der Waals surface area contributed by atoms with E-state index in [0.717, 1.165) is 4.57 Å². The van der Waals surface area contributed by atoms with Gasteiger partial charge >= 0.3 is 5.69 Å². The summed E-state index contributed by atoms with van der Waals surface area (Å²) in [4.78, 5) is 26.2. The Morgan fingerprint density at radius 3 is 2.90 bits per heavy atom. The highest BCUT2D eigenvalue weighted by Crippen LogP contribution is 2.30. The second kappa shape index (κ2) is 5.67. The summed E-state index contributed by atoms with van der Waals surface area (Å²) in [5.41, 5.74) is 4.70. The molecule has 1 fully saturated rings. The zero-order chi connectivity index (χ0) is 14.9. The van der Waals surface area contributed by atoms with E-state index in [1.807, 2.05) is 0 Å². The van der Waals surface area contributed by atoms with Crippen molar-refractivity contribution in [2.24, 2.45) is 0 Å². The first-order chi connectivity index (χ1) is 9.53. The molecule has 0 unspecified atom stereocenters. The minimum Gasteiger partial charge on any atom is -0.394 e. The molecule has 1 aliphatic rings. The molecule has 0 radical (unpaired) electrons. The molecule has 9 heteroatoms. The maximum atomic E-state index is 11.8. The van der Waals surface area contributed by atoms with Crippen LogP contribution in [0.15, 0.2) is 11.0 Å². The predicted molar refractivity (Wildman–Crippen MR) is 66.1 cm³/mol. The number of aliphatic hydroxyl groups excluding tert-OH is 2. The summed E-state index contributed by atoms with van der Waals surface area (Å²) in [5, 5.41) is 19.0. The number of nitrogen functional groups attached to an aromatic ring is 1. The molecule has 0 spiro atoms. The molecular formula is C11H15N3O6. The van der Waals surface area contributed by atoms with Crippen LogP contribution in [-0.2, 0) is 9.47 Å². The molecule has 0 aromatic carbocycles. The van der Waals surface area contributed by atoms with Crippen LogP contribution in [0.5, 0.6) is 0 Å². The number of ether oxygens (including phenoxy) is 2. The van der Waals surface area contributed by atoms with Gasteiger partial charge in [0.05, 0.1) is 12.2 Å². The lowest BCUT2D eigenvalue weighted by Gasteiger charge is -2.20. The van der Waals surface area contributed by atoms with Crippen LogP contribution in [0.25, 0.3) is 0 Å². The van der Waals surface area contributed by atoms with Gasteiger partial charge < -0.3 is 25.4 Å². The van der Waals surface area contributed by atoms with Gasteiger partial charge in [-0.15, -0.1) is 0 Å². The van der Waals surface area contributed by atoms with Crippen LogP contribution in [0.4, 0.5) is 5.82 Å². The molecule has 2 rings (SSSR count). The van der Waals surface area contributed by atoms with E-state index in [1.54, 1.807) is 0 Å². The smallest absolute Gasteiger partial charge is 0.351 e. The molecule has 4 N–H and O–H groups in total. The zero-order valence-corrected chi connectivity index (χ0v) is 10.7. The van der Waals surface area contributed by atoms with Gasteiger partial charge in [0.15, 0.2) is 12.5 Å². The minimum atomic E-state index is -1.11. The Hall–Kier alpha value is -1.81. The van der Waals surface area contributed by atoms with Crippen LogP contribution in [0.3, 0.4) is 0 Å². The molecule has 1 saturated heterocycles. The van der Waals surface area contributed by atoms with Crippen LogP contribution in [-0.4, -0.2) is 58.1 Å². The van der Waals surface area contributed by atoms with Crippen molar-refractivity contribution in [2.75, 3.05) is 19.5 Å². The van der Waals surface area contributed by atoms with Gasteiger partial charge in [0, 0.05) is 13.3 Å². The number of hydrogen-bond acceptors (Lipinski definition) is 8. The summed E-state index contributed by atoms with van der Waals surface area (Å²) in [5.74, 6) is -0.188. The van der Waals surface area contributed by atoms with Gasteiger partial charge in [-0.3, -0.25) is 9.36 Å². The van der Waals surface area contributed by atoms with Crippen LogP contribution in [0, 0.1) is 0 Å². The van der Waals surface area contributed by atoms with Crippen LogP contribution in [0.1, 0.15) is 16.6 Å². The Kier molecular flexibility index (Phi) is 4.14. The second-order valence-corrected chi connectivity index (χ2v) is 4.33. The van der Waals surface area contributed by atoms with Crippen molar-refractivity contribution in [1.29, 1.82) is 0 Å². The van der Waals surface area contributed by atoms with Crippen molar-refractivity contribution in [2.45, 2.75) is 24.5 Å². The second-order valence-electron chi connectivity index (χ2n) is 4.33. The number of carbonyl (C=O) groups excluding carboxylic acids is 1. The van der Waals surface area contributed by atoms with E-state index in [0.29, 0.717) is 6.29 Å². The Morgan fingerprint density at radius 2 is 2.35 bits per heavy atom. The molecular weight excluding hydrogens is 270 g/mol. The normalized spacial score (nSPS) is 29.6. The fourth-order valence-electron chi connectivity index (χ4n) is 2.12. The molecule has 0 bridgehead atoms. The molecule has 110 valence electrons. The highest BCUT2D eigenvalue weighted by molar-refractivity contribution is 5.80. The zero-order valence-electron chi connectivity index (χ0n) is 10.7. The molecule has 1 aliphatic heterocycles. The first-order valence-electron chi connectivity index (χ1n) is 5.84. The maximum Gasteiger partial charge on any atom is 0.351 e. The first kappa shape index (κ1) is 14.6. The highest BCUT2D eigenvalue weighted by Gasteiger charge is 2.45. The molecule has 0 amide bonds. The molecule has 2 heterocycles. The molecule has 1 aromatic heterocycles. The number of hydrogen-bond donors (Lipinski definition) is 3. The van der Waals surface area contributed by atoms with Crippen molar-refractivity contribution >= 4 is 12.1 Å². The largest absolute Gasteiger partial charge is 0.394 e. The monoisotopic (exact) mass is 285 g/mol. The molecule has 0 aliphatic carbocycles. The Balaban J connectivity index is 2.45. The van der Waals surface area contributed by atoms with E-state index in [4.69, 9.17) is 20.3 Å². The van der Waals surface area contributed by atoms with E-state index >= 15 is 0 Å². The van der Waals surface area contributed by atoms with Gasteiger partial charge in [-0.1, -0.05) is 0 Å². The molecule has 20 heavy (non-hydrogen) atoms. The highest BCUT2D eigenvalue weighted by atomic mass is 16.6. The van der Waals surface area contributed by atoms with Gasteiger partial charge in [0.1, 0.15) is 24.1 Å². The first-order valence-corrected chi connectivity index (χ1v) is 5.84. The molecule has 1 aromatic rings. The van der Waals surface area contributed by atoms with Gasteiger partial charge in [-0.05, 0) is 0 Å². The summed E-state index contributed by atoms with van der Waals surface area (Å²) in [6.07, 6.45) is -2.26. The molecule has 9 nitrogen and oxygen atoms in total. The van der Waals surface area contributed by atoms with Crippen molar-refractivity contribution in [3.05, 3.63) is 22.2 Å². The summed E-state index contributed by atoms with van der Waals surface area (Å²) < 4.78 is 11.5. The van der Waals surface area contributed by atoms with Gasteiger partial charge in [0.25, 0.3) is 0 Å². The Bertz CT molecular complexity index is 560. The number of methoxy groups -OCH3 is 1. The number of nitrogens with two attached hydrogens (primary N) is 1. The van der Waals surface area contributed by atoms with Crippen molar-refractivity contribution in [3.63, 3.8) is 0 Å². The third kappa shape index (κ3) is 2.31. The molecule has 4 atom stereocenters. The lowest BCUT2D eigenvalue weighted by molar-refractivity contribution is -0.0624. The lowest BCUT2D eigenvalue weighted by atomic mass is 10.1. The lowest BCUT2D eigenvalue weighted by Crippen LogP contribution is -2.37. The number of nitrogens with zero attached hydrogens (tertiary/aromatic N) is 2. The van der Waals surface area contributed by atoms with E-state index in [2.05, 4.69) is 4.98 Å². The quantitative estimate of drug-likeness (QED) is 0.535. The van der Waals surface area contributed by atoms with Crippen molar-refractivity contribution < 1.29 is 24.5 Å². The van der Waals surface area contributed by atoms with Gasteiger partial charge in [0.2, 0.25) is 0 Å². The van der Waals surface area contributed by atoms with E-state index in [1.165, 1.54) is 13.3 Å². The third-order valence-corrected chi connectivity index (χ3v) is 3.18. The van der Waals surface area contributed by atoms with E-state index in [9.17, 15) is 14.7 Å². The van der Waals surface area contributed by atoms with Gasteiger partial charge in [-0.2, -0.15) is 4.98 Å². The fraction of sp³-hybridized carbons (Fsp3) is 0.545. The average molecular weight is 285 g/mol. The topological polar surface area (TPSA) is 137 Å². The number of anilines is 1. The van der Waals surface area contributed by atoms with Crippen molar-refractivity contribution in [3.8, 4) is 0 Å². The summed E-state index contributed by atoms with van der Waals surface area (Å²) in [6, 6.07) is 0. The number of rotatable bonds is 4. The van der Waals surface area contributed by atoms with Crippen molar-refractivity contribution in [1.82, 2.24) is 9.55 Å². The van der Waals surface area contributed by atoms with Gasteiger partial charge in [-0.25, -0.2) is 4.79 Å². The summed E-state index contributed by atoms with van der Waals surface area (Å²) in [6.45, 7) is -0.435. The number of aldehydes is 1. The van der Waals surface area contributed by atoms with Crippen LogP contribution >= 0.6 is 0 Å². The molecule has 0 saturated carbocycles. The summed E-state index contributed by atoms with van der Waals surface area (Å²) in [7, 11) is 1.33. The Labute approximate surface area is 113 Å². The average Bonchev–Trinajstić information content (AvgIpc) is 2.75. The third-order valence-electron chi connectivity index (χ3n) is 3.18. The van der Waals surface area contributed by atoms with Crippen LogP contribution < -0.4 is 11.4 Å². The van der Waals surface area contributed by atoms with Crippen LogP contribution in [0.2, 0.25) is 0 Å². The fourth-order valence-corrected chi connectivity index (χ4v) is 2.12. The number of aliphatic hydroxyl groups is 2. The SMILES string of the molecule is CO[C@@H]1[C@@H](O)[C@@H](CO)O[C@H]1n1cc(C=O)c(N)nc1=O. The van der Waals surface area contributed by atoms with E-state index in [-0.39, 0.29) is 11.4 Å². The Morgan fingerprint density at radius 1 is 1.65 bits per heavy atom.